The van der Waals surface area contributed by atoms with Crippen molar-refractivity contribution in [1.29, 1.82) is 0 Å². The molecule has 5 heteroatoms. The minimum atomic E-state index is -0.946. The van der Waals surface area contributed by atoms with Gasteiger partial charge in [-0.15, -0.1) is 0 Å². The van der Waals surface area contributed by atoms with E-state index in [4.69, 9.17) is 4.74 Å². The van der Waals surface area contributed by atoms with Gasteiger partial charge in [0.05, 0.1) is 21.3 Å². The first-order valence-corrected chi connectivity index (χ1v) is 6.32. The van der Waals surface area contributed by atoms with Crippen LogP contribution in [0.2, 0.25) is 0 Å². The Labute approximate surface area is 118 Å². The van der Waals surface area contributed by atoms with Crippen LogP contribution in [0.25, 0.3) is 0 Å². The van der Waals surface area contributed by atoms with Crippen LogP contribution in [-0.4, -0.2) is 33.3 Å². The van der Waals surface area contributed by atoms with Crippen molar-refractivity contribution in [2.75, 3.05) is 21.3 Å². The second-order valence-corrected chi connectivity index (χ2v) is 4.47. The molecule has 5 nitrogen and oxygen atoms in total. The molecule has 0 saturated heterocycles. The Kier molecular flexibility index (Phi) is 6.03. The molecule has 0 aromatic carbocycles. The van der Waals surface area contributed by atoms with Gasteiger partial charge in [0.1, 0.15) is 5.76 Å². The Bertz CT molecular complexity index is 443. The molecule has 0 bridgehead atoms. The summed E-state index contributed by atoms with van der Waals surface area (Å²) in [6.07, 6.45) is 8.25. The van der Waals surface area contributed by atoms with Gasteiger partial charge in [-0.25, -0.2) is 0 Å². The molecule has 0 spiro atoms. The highest BCUT2D eigenvalue weighted by Gasteiger charge is 2.33. The first-order chi connectivity index (χ1) is 9.53. The van der Waals surface area contributed by atoms with E-state index < -0.39 is 17.9 Å². The van der Waals surface area contributed by atoms with Gasteiger partial charge >= 0.3 is 11.9 Å². The third-order valence-electron chi connectivity index (χ3n) is 3.15. The molecule has 0 radical (unpaired) electrons. The topological polar surface area (TPSA) is 61.8 Å². The summed E-state index contributed by atoms with van der Waals surface area (Å²) in [4.78, 5) is 23.4. The number of hydrogen-bond donors (Lipinski definition) is 0. The van der Waals surface area contributed by atoms with Gasteiger partial charge in [0, 0.05) is 0 Å². The van der Waals surface area contributed by atoms with Crippen LogP contribution < -0.4 is 0 Å². The summed E-state index contributed by atoms with van der Waals surface area (Å²) in [5.41, 5.74) is 1.01. The van der Waals surface area contributed by atoms with Gasteiger partial charge in [0.25, 0.3) is 0 Å². The van der Waals surface area contributed by atoms with Crippen LogP contribution in [0.4, 0.5) is 0 Å². The van der Waals surface area contributed by atoms with Crippen LogP contribution in [0.5, 0.6) is 0 Å². The molecule has 0 saturated carbocycles. The normalized spacial score (nSPS) is 17.6. The number of methoxy groups -OCH3 is 3. The van der Waals surface area contributed by atoms with E-state index in [1.165, 1.54) is 14.2 Å². The maximum Gasteiger partial charge on any atom is 0.320 e. The second-order valence-electron chi connectivity index (χ2n) is 4.47. The fourth-order valence-electron chi connectivity index (χ4n) is 2.03. The van der Waals surface area contributed by atoms with Crippen LogP contribution in [0.1, 0.15) is 13.3 Å². The Morgan fingerprint density at radius 2 is 1.75 bits per heavy atom. The molecule has 1 aliphatic carbocycles. The molecule has 0 aromatic heterocycles. The molecule has 0 aromatic rings. The minimum absolute atomic E-state index is 0.313. The molecule has 0 N–H and O–H groups in total. The standard InChI is InChI=1S/C15H20O5/c1-10(13(14(16)19-3)15(17)20-4)9-11-5-7-12(18-2)8-6-11/h5,7-10,13H,6H2,1-4H3/b11-9+. The van der Waals surface area contributed by atoms with E-state index in [0.29, 0.717) is 6.42 Å². The molecule has 1 rings (SSSR count). The summed E-state index contributed by atoms with van der Waals surface area (Å²) in [5, 5.41) is 0. The van der Waals surface area contributed by atoms with E-state index in [2.05, 4.69) is 9.47 Å². The van der Waals surface area contributed by atoms with Crippen molar-refractivity contribution in [1.82, 2.24) is 0 Å². The van der Waals surface area contributed by atoms with E-state index in [1.807, 2.05) is 24.3 Å². The van der Waals surface area contributed by atoms with Gasteiger partial charge in [-0.3, -0.25) is 9.59 Å². The Morgan fingerprint density at radius 1 is 1.15 bits per heavy atom. The Morgan fingerprint density at radius 3 is 2.15 bits per heavy atom. The molecule has 0 amide bonds. The van der Waals surface area contributed by atoms with Crippen molar-refractivity contribution in [3.63, 3.8) is 0 Å². The molecular formula is C15H20O5. The van der Waals surface area contributed by atoms with Gasteiger partial charge in [-0.2, -0.15) is 0 Å². The fraction of sp³-hybridized carbons (Fsp3) is 0.467. The zero-order valence-electron chi connectivity index (χ0n) is 12.2. The average Bonchev–Trinajstić information content (AvgIpc) is 2.47. The van der Waals surface area contributed by atoms with Crippen molar-refractivity contribution in [2.45, 2.75) is 13.3 Å². The molecule has 1 atom stereocenters. The van der Waals surface area contributed by atoms with Crippen molar-refractivity contribution >= 4 is 11.9 Å². The maximum absolute atomic E-state index is 11.7. The lowest BCUT2D eigenvalue weighted by Crippen LogP contribution is -2.31. The Balaban J connectivity index is 2.84. The summed E-state index contributed by atoms with van der Waals surface area (Å²) < 4.78 is 14.4. The quantitative estimate of drug-likeness (QED) is 0.569. The van der Waals surface area contributed by atoms with Crippen molar-refractivity contribution in [2.24, 2.45) is 11.8 Å². The largest absolute Gasteiger partial charge is 0.497 e. The van der Waals surface area contributed by atoms with Gasteiger partial charge in [0.15, 0.2) is 5.92 Å². The van der Waals surface area contributed by atoms with Crippen molar-refractivity contribution in [3.05, 3.63) is 35.6 Å². The molecule has 0 heterocycles. The predicted molar refractivity (Wildman–Crippen MR) is 73.6 cm³/mol. The van der Waals surface area contributed by atoms with Gasteiger partial charge in [-0.05, 0) is 30.1 Å². The molecule has 1 unspecified atom stereocenters. The predicted octanol–water partition coefficient (Wildman–Crippen LogP) is 2.00. The molecule has 20 heavy (non-hydrogen) atoms. The van der Waals surface area contributed by atoms with E-state index in [-0.39, 0.29) is 5.92 Å². The molecule has 0 fully saturated rings. The monoisotopic (exact) mass is 280 g/mol. The van der Waals surface area contributed by atoms with Crippen LogP contribution >= 0.6 is 0 Å². The summed E-state index contributed by atoms with van der Waals surface area (Å²) in [6.45, 7) is 1.79. The molecule has 110 valence electrons. The third kappa shape index (κ3) is 3.98. The summed E-state index contributed by atoms with van der Waals surface area (Å²) >= 11 is 0. The number of rotatable bonds is 5. The highest BCUT2D eigenvalue weighted by molar-refractivity contribution is 5.95. The van der Waals surface area contributed by atoms with Gasteiger partial charge in [-0.1, -0.05) is 19.1 Å². The van der Waals surface area contributed by atoms with E-state index in [1.54, 1.807) is 14.0 Å². The minimum Gasteiger partial charge on any atom is -0.497 e. The van der Waals surface area contributed by atoms with Crippen LogP contribution in [0.3, 0.4) is 0 Å². The van der Waals surface area contributed by atoms with Gasteiger partial charge in [0.2, 0.25) is 0 Å². The van der Waals surface area contributed by atoms with Crippen molar-refractivity contribution in [3.8, 4) is 0 Å². The highest BCUT2D eigenvalue weighted by Crippen LogP contribution is 2.23. The maximum atomic E-state index is 11.7. The molecule has 0 aliphatic heterocycles. The van der Waals surface area contributed by atoms with Crippen molar-refractivity contribution < 1.29 is 23.8 Å². The summed E-state index contributed by atoms with van der Waals surface area (Å²) in [6, 6.07) is 0. The highest BCUT2D eigenvalue weighted by atomic mass is 16.5. The fourth-order valence-corrected chi connectivity index (χ4v) is 2.03. The van der Waals surface area contributed by atoms with E-state index in [9.17, 15) is 9.59 Å². The van der Waals surface area contributed by atoms with Gasteiger partial charge < -0.3 is 14.2 Å². The first-order valence-electron chi connectivity index (χ1n) is 6.32. The number of allylic oxidation sites excluding steroid dienone is 5. The number of hydrogen-bond acceptors (Lipinski definition) is 5. The second kappa shape index (κ2) is 7.53. The molecular weight excluding hydrogens is 260 g/mol. The molecule has 1 aliphatic rings. The Hall–Kier alpha value is -2.04. The number of ether oxygens (including phenoxy) is 3. The first kappa shape index (κ1) is 16.0. The summed E-state index contributed by atoms with van der Waals surface area (Å²) in [5.74, 6) is -1.64. The average molecular weight is 280 g/mol. The lowest BCUT2D eigenvalue weighted by molar-refractivity contribution is -0.160. The van der Waals surface area contributed by atoms with Crippen LogP contribution in [0.15, 0.2) is 35.6 Å². The van der Waals surface area contributed by atoms with E-state index >= 15 is 0 Å². The summed E-state index contributed by atoms with van der Waals surface area (Å²) in [7, 11) is 4.12. The number of carbonyl (C=O) groups is 2. The zero-order valence-corrected chi connectivity index (χ0v) is 12.2. The third-order valence-corrected chi connectivity index (χ3v) is 3.15. The number of carbonyl (C=O) groups excluding carboxylic acids is 2. The lowest BCUT2D eigenvalue weighted by Gasteiger charge is -2.18. The van der Waals surface area contributed by atoms with E-state index in [0.717, 1.165) is 11.3 Å². The van der Waals surface area contributed by atoms with Crippen LogP contribution in [-0.2, 0) is 23.8 Å². The lowest BCUT2D eigenvalue weighted by atomic mass is 9.90. The zero-order chi connectivity index (χ0) is 15.1. The smallest absolute Gasteiger partial charge is 0.320 e. The number of esters is 2. The van der Waals surface area contributed by atoms with Crippen LogP contribution in [0, 0.1) is 11.8 Å². The SMILES string of the molecule is COC(=O)C(C(=O)OC)C(C)/C=C1\C=CC(OC)=CC1.